The Kier molecular flexibility index (Phi) is 8.11. The summed E-state index contributed by atoms with van der Waals surface area (Å²) < 4.78 is 20.1. The fourth-order valence-corrected chi connectivity index (χ4v) is 4.97. The summed E-state index contributed by atoms with van der Waals surface area (Å²) in [5.41, 5.74) is 4.41. The predicted molar refractivity (Wildman–Crippen MR) is 169 cm³/mol. The molecule has 222 valence electrons. The molecule has 0 atom stereocenters. The van der Waals surface area contributed by atoms with Gasteiger partial charge in [-0.15, -0.1) is 0 Å². The monoisotopic (exact) mass is 591 g/mol. The van der Waals surface area contributed by atoms with E-state index in [9.17, 15) is 14.0 Å². The minimum atomic E-state index is -0.542. The summed E-state index contributed by atoms with van der Waals surface area (Å²) in [6.07, 6.45) is 1.42. The van der Waals surface area contributed by atoms with E-state index in [1.165, 1.54) is 18.0 Å². The third kappa shape index (κ3) is 6.18. The number of benzene rings is 3. The van der Waals surface area contributed by atoms with E-state index in [2.05, 4.69) is 20.5 Å². The zero-order valence-corrected chi connectivity index (χ0v) is 24.3. The van der Waals surface area contributed by atoms with Crippen molar-refractivity contribution in [2.75, 3.05) is 53.8 Å². The molecular weight excluding hydrogens is 561 g/mol. The van der Waals surface area contributed by atoms with Crippen LogP contribution in [-0.4, -0.2) is 60.2 Å². The Balaban J connectivity index is 1.25. The minimum absolute atomic E-state index is 0.0804. The molecule has 2 N–H and O–H groups in total. The minimum Gasteiger partial charge on any atom is -0.378 e. The van der Waals surface area contributed by atoms with E-state index in [0.29, 0.717) is 60.1 Å². The summed E-state index contributed by atoms with van der Waals surface area (Å²) in [6.45, 7) is 4.07. The second-order valence-electron chi connectivity index (χ2n) is 10.3. The van der Waals surface area contributed by atoms with Crippen LogP contribution in [-0.2, 0) is 9.53 Å². The number of hydrogen-bond acceptors (Lipinski definition) is 7. The van der Waals surface area contributed by atoms with Crippen LogP contribution in [0.25, 0.3) is 33.4 Å². The quantitative estimate of drug-likeness (QED) is 0.234. The molecule has 3 heterocycles. The Bertz CT molecular complexity index is 1820. The number of urea groups is 1. The van der Waals surface area contributed by atoms with E-state index in [0.717, 1.165) is 22.5 Å². The van der Waals surface area contributed by atoms with Crippen LogP contribution in [0.4, 0.5) is 32.1 Å². The summed E-state index contributed by atoms with van der Waals surface area (Å²) in [6, 6.07) is 22.9. The number of anilines is 4. The third-order valence-electron chi connectivity index (χ3n) is 7.44. The van der Waals surface area contributed by atoms with Crippen LogP contribution >= 0.6 is 0 Å². The van der Waals surface area contributed by atoms with Gasteiger partial charge in [0.05, 0.1) is 18.7 Å². The van der Waals surface area contributed by atoms with Gasteiger partial charge >= 0.3 is 6.03 Å². The predicted octanol–water partition coefficient (Wildman–Crippen LogP) is 5.96. The lowest BCUT2D eigenvalue weighted by atomic mass is 10.0. The molecule has 3 amide bonds. The zero-order valence-electron chi connectivity index (χ0n) is 24.3. The van der Waals surface area contributed by atoms with Crippen LogP contribution in [0.15, 0.2) is 85.1 Å². The maximum absolute atomic E-state index is 14.5. The van der Waals surface area contributed by atoms with Crippen LogP contribution in [0, 0.1) is 5.95 Å². The first kappa shape index (κ1) is 28.7. The van der Waals surface area contributed by atoms with Crippen molar-refractivity contribution in [1.82, 2.24) is 15.0 Å². The first-order valence-corrected chi connectivity index (χ1v) is 14.1. The van der Waals surface area contributed by atoms with Gasteiger partial charge in [-0.25, -0.2) is 19.7 Å². The van der Waals surface area contributed by atoms with E-state index in [1.54, 1.807) is 55.6 Å². The van der Waals surface area contributed by atoms with Gasteiger partial charge in [-0.3, -0.25) is 4.79 Å². The second kappa shape index (κ2) is 12.4. The lowest BCUT2D eigenvalue weighted by Gasteiger charge is -2.29. The molecule has 0 aliphatic carbocycles. The average Bonchev–Trinajstić information content (AvgIpc) is 3.05. The molecule has 1 aliphatic heterocycles. The second-order valence-corrected chi connectivity index (χ2v) is 10.3. The Morgan fingerprint density at radius 1 is 0.886 bits per heavy atom. The van der Waals surface area contributed by atoms with Crippen molar-refractivity contribution in [2.24, 2.45) is 0 Å². The molecule has 3 aromatic carbocycles. The SMILES string of the molecule is CC(=O)N(C)c1ccc(NC(=O)Nc2ccc(-c3nc(N4CCOCC4)c4ccc(-c5cccnc5F)cc4n3)cc2)cc1. The number of nitrogens with zero attached hydrogens (tertiary/aromatic N) is 5. The molecule has 1 aliphatic rings. The van der Waals surface area contributed by atoms with Gasteiger partial charge in [-0.2, -0.15) is 4.39 Å². The molecule has 0 radical (unpaired) electrons. The highest BCUT2D eigenvalue weighted by atomic mass is 19.1. The van der Waals surface area contributed by atoms with E-state index >= 15 is 0 Å². The topological polar surface area (TPSA) is 113 Å². The molecule has 6 rings (SSSR count). The third-order valence-corrected chi connectivity index (χ3v) is 7.44. The normalized spacial score (nSPS) is 13.0. The number of halogens is 1. The number of aromatic nitrogens is 3. The van der Waals surface area contributed by atoms with E-state index < -0.39 is 12.0 Å². The number of carbonyl (C=O) groups excluding carboxylic acids is 2. The van der Waals surface area contributed by atoms with Gasteiger partial charge in [-0.1, -0.05) is 6.07 Å². The molecule has 0 saturated carbocycles. The van der Waals surface area contributed by atoms with Crippen molar-refractivity contribution in [3.8, 4) is 22.5 Å². The molecule has 0 spiro atoms. The van der Waals surface area contributed by atoms with Gasteiger partial charge in [-0.05, 0) is 78.4 Å². The van der Waals surface area contributed by atoms with Gasteiger partial charge in [0.25, 0.3) is 0 Å². The lowest BCUT2D eigenvalue weighted by Crippen LogP contribution is -2.37. The van der Waals surface area contributed by atoms with Crippen LogP contribution in [0.2, 0.25) is 0 Å². The largest absolute Gasteiger partial charge is 0.378 e. The zero-order chi connectivity index (χ0) is 30.6. The van der Waals surface area contributed by atoms with Crippen molar-refractivity contribution < 1.29 is 18.7 Å². The summed E-state index contributed by atoms with van der Waals surface area (Å²) in [5.74, 6) is 0.672. The molecule has 10 nitrogen and oxygen atoms in total. The summed E-state index contributed by atoms with van der Waals surface area (Å²) in [4.78, 5) is 41.5. The summed E-state index contributed by atoms with van der Waals surface area (Å²) in [5, 5.41) is 6.48. The van der Waals surface area contributed by atoms with Crippen LogP contribution in [0.3, 0.4) is 0 Å². The Morgan fingerprint density at radius 2 is 1.55 bits per heavy atom. The van der Waals surface area contributed by atoms with Gasteiger partial charge in [0.2, 0.25) is 11.9 Å². The van der Waals surface area contributed by atoms with Crippen LogP contribution < -0.4 is 20.4 Å². The van der Waals surface area contributed by atoms with Gasteiger partial charge in [0.1, 0.15) is 5.82 Å². The molecule has 44 heavy (non-hydrogen) atoms. The number of ether oxygens (including phenoxy) is 1. The summed E-state index contributed by atoms with van der Waals surface area (Å²) >= 11 is 0. The van der Waals surface area contributed by atoms with Gasteiger partial charge in [0, 0.05) is 66.8 Å². The van der Waals surface area contributed by atoms with E-state index in [4.69, 9.17) is 14.7 Å². The standard InChI is InChI=1S/C33H30FN7O3/c1-21(42)40(2)26-12-10-25(11-13-26)37-33(43)36-24-8-5-22(6-9-24)31-38-29-20-23(27-4-3-15-35-30(27)34)7-14-28(29)32(39-31)41-16-18-44-19-17-41/h3-15,20H,16-19H2,1-2H3,(H2,36,37,43). The first-order valence-electron chi connectivity index (χ1n) is 14.1. The molecule has 11 heteroatoms. The van der Waals surface area contributed by atoms with Crippen molar-refractivity contribution in [3.63, 3.8) is 0 Å². The highest BCUT2D eigenvalue weighted by Crippen LogP contribution is 2.32. The number of hydrogen-bond donors (Lipinski definition) is 2. The maximum Gasteiger partial charge on any atom is 0.323 e. The molecule has 0 bridgehead atoms. The van der Waals surface area contributed by atoms with Crippen LogP contribution in [0.5, 0.6) is 0 Å². The van der Waals surface area contributed by atoms with Crippen molar-refractivity contribution in [2.45, 2.75) is 6.92 Å². The molecule has 2 aromatic heterocycles. The highest BCUT2D eigenvalue weighted by molar-refractivity contribution is 6.00. The molecule has 1 fully saturated rings. The Morgan fingerprint density at radius 3 is 2.20 bits per heavy atom. The average molecular weight is 592 g/mol. The highest BCUT2D eigenvalue weighted by Gasteiger charge is 2.19. The lowest BCUT2D eigenvalue weighted by molar-refractivity contribution is -0.116. The maximum atomic E-state index is 14.5. The molecule has 1 saturated heterocycles. The number of pyridine rings is 1. The molecular formula is C33H30FN7O3. The Labute approximate surface area is 253 Å². The van der Waals surface area contributed by atoms with Crippen molar-refractivity contribution in [3.05, 3.63) is 91.0 Å². The van der Waals surface area contributed by atoms with E-state index in [-0.39, 0.29) is 5.91 Å². The fraction of sp³-hybridized carbons (Fsp3) is 0.182. The number of rotatable bonds is 6. The molecule has 0 unspecified atom stereocenters. The number of amides is 3. The Hall–Kier alpha value is -5.42. The van der Waals surface area contributed by atoms with Crippen molar-refractivity contribution in [1.29, 1.82) is 0 Å². The molecule has 5 aromatic rings. The number of fused-ring (bicyclic) bond motifs is 1. The van der Waals surface area contributed by atoms with Crippen LogP contribution in [0.1, 0.15) is 6.92 Å². The van der Waals surface area contributed by atoms with E-state index in [1.807, 2.05) is 30.3 Å². The smallest absolute Gasteiger partial charge is 0.323 e. The van der Waals surface area contributed by atoms with Crippen molar-refractivity contribution >= 4 is 45.7 Å². The summed E-state index contributed by atoms with van der Waals surface area (Å²) in [7, 11) is 1.69. The van der Waals surface area contributed by atoms with Gasteiger partial charge < -0.3 is 25.2 Å². The number of nitrogens with one attached hydrogen (secondary N) is 2. The number of morpholine rings is 1. The number of carbonyl (C=O) groups is 2. The first-order chi connectivity index (χ1) is 21.4. The fourth-order valence-electron chi connectivity index (χ4n) is 4.97. The van der Waals surface area contributed by atoms with Gasteiger partial charge in [0.15, 0.2) is 5.82 Å².